The van der Waals surface area contributed by atoms with Gasteiger partial charge in [0.05, 0.1) is 10.9 Å². The van der Waals surface area contributed by atoms with Crippen molar-refractivity contribution in [3.05, 3.63) is 64.1 Å². The van der Waals surface area contributed by atoms with Crippen LogP contribution in [-0.4, -0.2) is 0 Å². The fourth-order valence-electron chi connectivity index (χ4n) is 3.97. The molecule has 1 nitrogen and oxygen atoms in total. The number of rotatable bonds is 3. The maximum atomic E-state index is 14.3. The number of pyridine rings is 1. The summed E-state index contributed by atoms with van der Waals surface area (Å²) in [5.41, 5.74) is 7.37. The average molecular weight is 351 g/mol. The maximum absolute atomic E-state index is 14.3. The third-order valence-corrected chi connectivity index (χ3v) is 5.41. The largest absolute Gasteiger partial charge is 0.220 e. The Morgan fingerprint density at radius 2 is 1.62 bits per heavy atom. The van der Waals surface area contributed by atoms with Gasteiger partial charge in [-0.25, -0.2) is 8.96 Å². The van der Waals surface area contributed by atoms with E-state index in [0.717, 1.165) is 28.8 Å². The highest BCUT2D eigenvalue weighted by Crippen LogP contribution is 2.33. The van der Waals surface area contributed by atoms with Gasteiger partial charge in [-0.3, -0.25) is 0 Å². The molecule has 0 saturated heterocycles. The van der Waals surface area contributed by atoms with Crippen LogP contribution in [-0.2, 0) is 13.5 Å². The van der Waals surface area contributed by atoms with Crippen molar-refractivity contribution in [3.8, 4) is 11.3 Å². The first-order valence-corrected chi connectivity index (χ1v) is 9.39. The molecule has 0 aliphatic rings. The van der Waals surface area contributed by atoms with Gasteiger partial charge in [-0.05, 0) is 79.8 Å². The number of nitrogens with zero attached hydrogens (tertiary/aromatic N) is 1. The van der Waals surface area contributed by atoms with Crippen molar-refractivity contribution in [2.75, 3.05) is 0 Å². The summed E-state index contributed by atoms with van der Waals surface area (Å²) >= 11 is 0. The molecule has 0 saturated carbocycles. The van der Waals surface area contributed by atoms with Crippen LogP contribution < -0.4 is 4.57 Å². The number of fused-ring (bicyclic) bond motifs is 1. The van der Waals surface area contributed by atoms with E-state index >= 15 is 0 Å². The normalized spacial score (nSPS) is 11.6. The van der Waals surface area contributed by atoms with Gasteiger partial charge in [0, 0.05) is 5.56 Å². The Bertz CT molecular complexity index is 999. The molecule has 1 heterocycles. The zero-order valence-corrected chi connectivity index (χ0v) is 17.0. The minimum Gasteiger partial charge on any atom is -0.206 e. The van der Waals surface area contributed by atoms with Crippen molar-refractivity contribution in [3.63, 3.8) is 0 Å². The lowest BCUT2D eigenvalue weighted by Crippen LogP contribution is -2.32. The molecule has 0 N–H and O–H groups in total. The van der Waals surface area contributed by atoms with Crippen LogP contribution in [0.1, 0.15) is 41.7 Å². The fourth-order valence-corrected chi connectivity index (χ4v) is 3.97. The molecule has 0 amide bonds. The Kier molecular flexibility index (Phi) is 4.88. The first-order valence-electron chi connectivity index (χ1n) is 9.39. The number of halogens is 1. The Hall–Kier alpha value is -2.22. The molecule has 136 valence electrons. The molecule has 1 aromatic heterocycles. The van der Waals surface area contributed by atoms with Crippen LogP contribution in [0.5, 0.6) is 0 Å². The van der Waals surface area contributed by atoms with Crippen molar-refractivity contribution in [1.82, 2.24) is 0 Å². The molecule has 0 fully saturated rings. The van der Waals surface area contributed by atoms with Crippen LogP contribution in [0.3, 0.4) is 0 Å². The smallest absolute Gasteiger partial charge is 0.206 e. The topological polar surface area (TPSA) is 3.88 Å². The molecule has 0 atom stereocenters. The SMILES string of the molecule is Cc1cc(-c2c3ccc(CC(C)C)cc3c(C)c[n+]2C)c(C)c(C)c1F. The Balaban J connectivity index is 2.34. The molecular formula is C24H29FN+. The zero-order chi connectivity index (χ0) is 19.2. The zero-order valence-electron chi connectivity index (χ0n) is 17.0. The lowest BCUT2D eigenvalue weighted by atomic mass is 9.92. The molecule has 0 spiro atoms. The summed E-state index contributed by atoms with van der Waals surface area (Å²) in [6.07, 6.45) is 3.27. The van der Waals surface area contributed by atoms with E-state index in [1.54, 1.807) is 0 Å². The van der Waals surface area contributed by atoms with Gasteiger partial charge in [0.15, 0.2) is 6.20 Å². The second kappa shape index (κ2) is 6.83. The highest BCUT2D eigenvalue weighted by atomic mass is 19.1. The van der Waals surface area contributed by atoms with Gasteiger partial charge in [0.25, 0.3) is 0 Å². The third kappa shape index (κ3) is 3.13. The van der Waals surface area contributed by atoms with Gasteiger partial charge in [-0.1, -0.05) is 26.0 Å². The maximum Gasteiger partial charge on any atom is 0.220 e. The van der Waals surface area contributed by atoms with Gasteiger partial charge in [-0.2, -0.15) is 0 Å². The van der Waals surface area contributed by atoms with Crippen LogP contribution in [0.25, 0.3) is 22.0 Å². The Morgan fingerprint density at radius 1 is 0.923 bits per heavy atom. The van der Waals surface area contributed by atoms with Crippen LogP contribution in [0, 0.1) is 39.4 Å². The predicted molar refractivity (Wildman–Crippen MR) is 108 cm³/mol. The van der Waals surface area contributed by atoms with E-state index in [4.69, 9.17) is 0 Å². The molecule has 2 aromatic carbocycles. The molecule has 0 unspecified atom stereocenters. The summed E-state index contributed by atoms with van der Waals surface area (Å²) in [4.78, 5) is 0. The van der Waals surface area contributed by atoms with Gasteiger partial charge in [-0.15, -0.1) is 0 Å². The standard InChI is InChI=1S/C24H29FN/c1-14(2)10-19-8-9-20-21(12-19)16(4)13-26(7)24(20)22-11-15(3)23(25)18(6)17(22)5/h8-9,11-14H,10H2,1-7H3/q+1. The van der Waals surface area contributed by atoms with Crippen LogP contribution >= 0.6 is 0 Å². The number of aromatic nitrogens is 1. The van der Waals surface area contributed by atoms with Crippen LogP contribution in [0.4, 0.5) is 4.39 Å². The molecule has 3 aromatic rings. The number of hydrogen-bond donors (Lipinski definition) is 0. The highest BCUT2D eigenvalue weighted by Gasteiger charge is 2.22. The van der Waals surface area contributed by atoms with Crippen molar-refractivity contribution in [2.45, 2.75) is 48.0 Å². The van der Waals surface area contributed by atoms with Crippen molar-refractivity contribution in [2.24, 2.45) is 13.0 Å². The summed E-state index contributed by atoms with van der Waals surface area (Å²) < 4.78 is 16.5. The number of hydrogen-bond acceptors (Lipinski definition) is 0. The minimum absolute atomic E-state index is 0.0930. The summed E-state index contributed by atoms with van der Waals surface area (Å²) in [6, 6.07) is 8.79. The summed E-state index contributed by atoms with van der Waals surface area (Å²) in [7, 11) is 2.08. The first kappa shape index (κ1) is 18.6. The minimum atomic E-state index is -0.0930. The predicted octanol–water partition coefficient (Wildman–Crippen LogP) is 5.90. The van der Waals surface area contributed by atoms with E-state index in [0.29, 0.717) is 11.5 Å². The molecule has 0 aliphatic heterocycles. The monoisotopic (exact) mass is 350 g/mol. The van der Waals surface area contributed by atoms with E-state index in [2.05, 4.69) is 56.8 Å². The molecule has 2 heteroatoms. The third-order valence-electron chi connectivity index (χ3n) is 5.41. The molecular weight excluding hydrogens is 321 g/mol. The van der Waals surface area contributed by atoms with Gasteiger partial charge in [0.2, 0.25) is 5.69 Å². The average Bonchev–Trinajstić information content (AvgIpc) is 2.57. The summed E-state index contributed by atoms with van der Waals surface area (Å²) in [5, 5.41) is 2.52. The number of aryl methyl sites for hydroxylation is 3. The quantitative estimate of drug-likeness (QED) is 0.518. The van der Waals surface area contributed by atoms with Gasteiger partial charge in [0.1, 0.15) is 12.9 Å². The van der Waals surface area contributed by atoms with Crippen LogP contribution in [0.2, 0.25) is 0 Å². The fraction of sp³-hybridized carbons (Fsp3) is 0.375. The van der Waals surface area contributed by atoms with Crippen molar-refractivity contribution >= 4 is 10.8 Å². The molecule has 3 rings (SSSR count). The van der Waals surface area contributed by atoms with E-state index in [1.807, 2.05) is 26.8 Å². The van der Waals surface area contributed by atoms with Crippen LogP contribution in [0.15, 0.2) is 30.5 Å². The summed E-state index contributed by atoms with van der Waals surface area (Å²) in [6.45, 7) is 12.4. The lowest BCUT2D eigenvalue weighted by molar-refractivity contribution is -0.659. The summed E-state index contributed by atoms with van der Waals surface area (Å²) in [5.74, 6) is 0.543. The van der Waals surface area contributed by atoms with Gasteiger partial charge < -0.3 is 0 Å². The van der Waals surface area contributed by atoms with E-state index in [1.165, 1.54) is 21.9 Å². The van der Waals surface area contributed by atoms with E-state index < -0.39 is 0 Å². The Labute approximate surface area is 156 Å². The van der Waals surface area contributed by atoms with E-state index in [9.17, 15) is 4.39 Å². The van der Waals surface area contributed by atoms with Crippen molar-refractivity contribution in [1.29, 1.82) is 0 Å². The van der Waals surface area contributed by atoms with E-state index in [-0.39, 0.29) is 5.82 Å². The molecule has 0 aliphatic carbocycles. The molecule has 26 heavy (non-hydrogen) atoms. The lowest BCUT2D eigenvalue weighted by Gasteiger charge is -2.14. The van der Waals surface area contributed by atoms with Crippen molar-refractivity contribution < 1.29 is 8.96 Å². The highest BCUT2D eigenvalue weighted by molar-refractivity contribution is 5.96. The number of benzene rings is 2. The second-order valence-corrected chi connectivity index (χ2v) is 8.05. The first-order chi connectivity index (χ1) is 12.2. The Morgan fingerprint density at radius 3 is 2.27 bits per heavy atom. The molecule has 0 radical (unpaired) electrons. The van der Waals surface area contributed by atoms with Gasteiger partial charge >= 0.3 is 0 Å². The molecule has 0 bridgehead atoms. The second-order valence-electron chi connectivity index (χ2n) is 8.05.